The van der Waals surface area contributed by atoms with E-state index in [-0.39, 0.29) is 41.0 Å². The zero-order valence-corrected chi connectivity index (χ0v) is 71.9. The first-order valence-corrected chi connectivity index (χ1v) is 39.7. The van der Waals surface area contributed by atoms with Crippen molar-refractivity contribution >= 4 is 98.0 Å². The first-order chi connectivity index (χ1) is 63.9. The van der Waals surface area contributed by atoms with Crippen LogP contribution in [0.4, 0.5) is 86.5 Å². The molecule has 0 radical (unpaired) electrons. The lowest BCUT2D eigenvalue weighted by atomic mass is 10.3. The number of nitrogen functional groups attached to an aromatic ring is 5. The maximum Gasteiger partial charge on any atom is 0.352 e. The van der Waals surface area contributed by atoms with Gasteiger partial charge in [-0.1, -0.05) is 48.5 Å². The summed E-state index contributed by atoms with van der Waals surface area (Å²) in [6.45, 7) is 17.6. The molecule has 13 N–H and O–H groups in total. The molecule has 0 saturated carbocycles. The number of nitrogens with zero attached hydrogens (tertiary/aromatic N) is 43. The van der Waals surface area contributed by atoms with Gasteiger partial charge in [0.05, 0.1) is 45.5 Å². The van der Waals surface area contributed by atoms with Gasteiger partial charge in [-0.3, -0.25) is 19.9 Å². The number of benzene rings is 2. The van der Waals surface area contributed by atoms with Crippen LogP contribution in [0.5, 0.6) is 0 Å². The van der Waals surface area contributed by atoms with Gasteiger partial charge < -0.3 is 28.7 Å². The van der Waals surface area contributed by atoms with Crippen LogP contribution in [-0.2, 0) is 0 Å². The molecule has 55 heteroatoms. The van der Waals surface area contributed by atoms with Gasteiger partial charge in [-0.15, -0.1) is 71.5 Å². The third kappa shape index (κ3) is 20.2. The minimum Gasteiger partial charge on any atom is -0.382 e. The molecule has 660 valence electrons. The second-order valence-electron chi connectivity index (χ2n) is 27.2. The Kier molecular flexibility index (Phi) is 26.1. The fourth-order valence-electron chi connectivity index (χ4n) is 11.8. The van der Waals surface area contributed by atoms with E-state index in [2.05, 4.69) is 181 Å². The molecule has 0 aliphatic rings. The van der Waals surface area contributed by atoms with Crippen LogP contribution >= 0.6 is 11.5 Å². The lowest BCUT2D eigenvalue weighted by molar-refractivity contribution is 0.767. The maximum absolute atomic E-state index is 11.5. The highest BCUT2D eigenvalue weighted by atomic mass is 32.1. The number of hydrogen-bond donors (Lipinski definition) is 8. The lowest BCUT2D eigenvalue weighted by Gasteiger charge is -2.02. The highest BCUT2D eigenvalue weighted by molar-refractivity contribution is 7.09. The number of nitrogens with one attached hydrogen (secondary N) is 3. The normalized spacial score (nSPS) is 11.3. The van der Waals surface area contributed by atoms with Crippen LogP contribution in [0.2, 0.25) is 0 Å². The Morgan fingerprint density at radius 2 is 0.659 bits per heavy atom. The van der Waals surface area contributed by atoms with Crippen molar-refractivity contribution in [1.29, 1.82) is 0 Å². The van der Waals surface area contributed by atoms with E-state index in [4.69, 9.17) is 28.7 Å². The van der Waals surface area contributed by atoms with Crippen LogP contribution in [0.1, 0.15) is 57.6 Å². The average Bonchev–Trinajstić information content (AvgIpc) is 1.67. The van der Waals surface area contributed by atoms with Crippen molar-refractivity contribution in [2.75, 3.05) is 28.7 Å². The third-order valence-electron chi connectivity index (χ3n) is 17.7. The van der Waals surface area contributed by atoms with Crippen molar-refractivity contribution in [3.05, 3.63) is 272 Å². The van der Waals surface area contributed by atoms with Gasteiger partial charge >= 0.3 is 17.1 Å². The molecule has 17 aromatic heterocycles. The van der Waals surface area contributed by atoms with Crippen LogP contribution < -0.4 is 45.7 Å². The summed E-state index contributed by atoms with van der Waals surface area (Å²) >= 11 is 1.14. The molecular formula is C77H73N51O3S. The molecule has 0 unspecified atom stereocenters. The molecule has 0 aliphatic carbocycles. The Morgan fingerprint density at radius 1 is 0.288 bits per heavy atom. The van der Waals surface area contributed by atoms with Gasteiger partial charge in [0, 0.05) is 67.3 Å². The number of pyridine rings is 3. The number of H-pyrrole nitrogens is 3. The van der Waals surface area contributed by atoms with E-state index in [0.29, 0.717) is 138 Å². The van der Waals surface area contributed by atoms with Crippen molar-refractivity contribution in [3.8, 4) is 52.4 Å². The second-order valence-corrected chi connectivity index (χ2v) is 27.9. The van der Waals surface area contributed by atoms with E-state index in [1.807, 2.05) is 103 Å². The monoisotopic (exact) mass is 1790 g/mol. The molecule has 2 aromatic carbocycles. The molecule has 17 heterocycles. The molecule has 0 saturated heterocycles. The van der Waals surface area contributed by atoms with Crippen LogP contribution in [0.3, 0.4) is 0 Å². The molecule has 0 aliphatic heterocycles. The van der Waals surface area contributed by atoms with Crippen molar-refractivity contribution in [2.45, 2.75) is 69.2 Å². The minimum atomic E-state index is -0.835. The molecule has 0 spiro atoms. The number of aromatic amines is 3. The van der Waals surface area contributed by atoms with Gasteiger partial charge in [0.25, 0.3) is 35.7 Å². The number of rotatable bonds is 19. The number of aryl methyl sites for hydroxylation is 10. The molecule has 0 bridgehead atoms. The fourth-order valence-corrected chi connectivity index (χ4v) is 12.3. The summed E-state index contributed by atoms with van der Waals surface area (Å²) in [5.41, 5.74) is 35.9. The van der Waals surface area contributed by atoms with Crippen molar-refractivity contribution in [3.63, 3.8) is 0 Å². The predicted molar refractivity (Wildman–Crippen MR) is 475 cm³/mol. The van der Waals surface area contributed by atoms with Gasteiger partial charge in [-0.25, -0.2) is 58.9 Å². The molecule has 0 fully saturated rings. The summed E-state index contributed by atoms with van der Waals surface area (Å²) in [4.78, 5) is 98.6. The Morgan fingerprint density at radius 3 is 1.08 bits per heavy atom. The topological polar surface area (TPSA) is 706 Å². The van der Waals surface area contributed by atoms with E-state index < -0.39 is 17.1 Å². The number of nitrogens with two attached hydrogens (primary N) is 5. The maximum atomic E-state index is 11.5. The van der Waals surface area contributed by atoms with Gasteiger partial charge in [0.15, 0.2) is 69.2 Å². The molecular weight excluding hydrogens is 1720 g/mol. The molecule has 19 aromatic rings. The summed E-state index contributed by atoms with van der Waals surface area (Å²) < 4.78 is 17.1. The van der Waals surface area contributed by atoms with Gasteiger partial charge in [0.2, 0.25) is 11.1 Å². The minimum absolute atomic E-state index is 0.0284. The highest BCUT2D eigenvalue weighted by Crippen LogP contribution is 2.36. The van der Waals surface area contributed by atoms with Crippen LogP contribution in [0, 0.1) is 69.2 Å². The SMILES string of the molecule is Cc1nc(N=Nc2c(C)nn(-c3ccncc3)c2N)n(-c2ccccc2)n1.Cc1nc(N=Nc2c(C)nn(-c3nc(=O)[nH]c(=O)[nH]3)c2N)n(-c2ccccn2)n1.Cc1nc(N=Nc2c(C)nn(-c3ncccn3)c2N)n(-c2ccccc2)n1.Cc1nc(N=Nc2c(C)nn(-c3ncccn3)c2N)n(-c2ccccn2)n1.Cc1nsc(N=Nc2c(C)nn(-c3ccnc(=O)[nH]3)c2N)n1. The average molecular weight is 1790 g/mol. The summed E-state index contributed by atoms with van der Waals surface area (Å²) in [5, 5.41) is 81.1. The Hall–Kier alpha value is -19.3. The zero-order chi connectivity index (χ0) is 92.6. The first kappa shape index (κ1) is 87.6. The lowest BCUT2D eigenvalue weighted by Crippen LogP contribution is -2.28. The molecule has 132 heavy (non-hydrogen) atoms. The Balaban J connectivity index is 0.000000126. The standard InChI is InChI=1S/C18H17N9.C17H16N10.C16H15N11.C15H14N12O2.C11H11N9OS/c1-12-16(17(19)26(24-12)15-8-10-20-11-9-15)22-23-18-21-13(2)25-27(18)14-6-4-3-5-7-14;1-11-14(15(18)27(24-11)16-19-9-6-10-20-16)22-23-17-21-12(2)25-26(17)13-7-4-3-5-8-13;1-10-13(14(17)27(24-10)15-19-8-5-9-20-15)22-23-16-21-11(2)25-26(16)12-6-3-4-7-18-12;1-7-10(11(16)27(24-7)12-19-14(28)21-15(29)20-12)22-23-13-18-8(2)25-26(13)9-5-3-4-6-17-9;1-5-8(16-17-11-14-6(2)19-22-11)9(12)20(18-5)7-3-4-13-10(21)15-7/h3-11H,19H2,1-2H3;3-10H,18H2,1-2H3;3-9H,17H2,1-2H3;3-6H,16H2,1-2H3,(H2,19,20,21,28,29);3-4H,12H2,1-2H3,(H,13,15,21). The van der Waals surface area contributed by atoms with Crippen LogP contribution in [-0.4, -0.2) is 177 Å². The molecule has 0 atom stereocenters. The Bertz CT molecular complexity index is 7150. The number of para-hydroxylation sites is 2. The van der Waals surface area contributed by atoms with E-state index in [0.717, 1.165) is 33.3 Å². The fraction of sp³-hybridized carbons (Fsp3) is 0.130. The first-order valence-electron chi connectivity index (χ1n) is 38.9. The summed E-state index contributed by atoms with van der Waals surface area (Å²) in [7, 11) is 0. The number of aromatic nitrogens is 36. The van der Waals surface area contributed by atoms with Crippen LogP contribution in [0.15, 0.2) is 249 Å². The smallest absolute Gasteiger partial charge is 0.352 e. The summed E-state index contributed by atoms with van der Waals surface area (Å²) in [5.74, 6) is 7.38. The number of hydrogen-bond acceptors (Lipinski definition) is 43. The quantitative estimate of drug-likeness (QED) is 0.0349. The van der Waals surface area contributed by atoms with Gasteiger partial charge in [-0.05, 0) is 148 Å². The van der Waals surface area contributed by atoms with Crippen molar-refractivity contribution in [2.24, 2.45) is 51.1 Å². The van der Waals surface area contributed by atoms with Crippen molar-refractivity contribution < 1.29 is 0 Å². The molecule has 19 rings (SSSR count). The highest BCUT2D eigenvalue weighted by Gasteiger charge is 2.23. The molecule has 0 amide bonds. The van der Waals surface area contributed by atoms with E-state index in [9.17, 15) is 14.4 Å². The summed E-state index contributed by atoms with van der Waals surface area (Å²) in [6, 6.07) is 38.7. The number of azo groups is 5. The van der Waals surface area contributed by atoms with E-state index in [1.54, 1.807) is 162 Å². The third-order valence-corrected chi connectivity index (χ3v) is 18.4. The van der Waals surface area contributed by atoms with Crippen molar-refractivity contribution in [1.82, 2.24) is 177 Å². The largest absolute Gasteiger partial charge is 0.382 e. The zero-order valence-electron chi connectivity index (χ0n) is 71.1. The predicted octanol–water partition coefficient (Wildman–Crippen LogP) is 10.2. The van der Waals surface area contributed by atoms with E-state index in [1.165, 1.54) is 29.6 Å². The molecule has 54 nitrogen and oxygen atoms in total. The summed E-state index contributed by atoms with van der Waals surface area (Å²) in [6.07, 6.45) is 14.5. The van der Waals surface area contributed by atoms with Crippen LogP contribution in [0.25, 0.3) is 52.4 Å². The Labute approximate surface area is 745 Å². The van der Waals surface area contributed by atoms with Gasteiger partial charge in [-0.2, -0.15) is 92.2 Å². The second kappa shape index (κ2) is 39.3. The van der Waals surface area contributed by atoms with Gasteiger partial charge in [0.1, 0.15) is 34.9 Å². The van der Waals surface area contributed by atoms with E-state index >= 15 is 0 Å². The number of anilines is 5.